The van der Waals surface area contributed by atoms with E-state index < -0.39 is 0 Å². The van der Waals surface area contributed by atoms with Gasteiger partial charge in [0.2, 0.25) is 0 Å². The van der Waals surface area contributed by atoms with Crippen molar-refractivity contribution in [2.24, 2.45) is 0 Å². The molecule has 0 saturated carbocycles. The van der Waals surface area contributed by atoms with Crippen LogP contribution >= 0.6 is 0 Å². The number of ether oxygens (including phenoxy) is 1. The van der Waals surface area contributed by atoms with E-state index in [9.17, 15) is 0 Å². The van der Waals surface area contributed by atoms with Crippen LogP contribution in [0.15, 0.2) is 30.3 Å². The molecule has 0 bridgehead atoms. The maximum atomic E-state index is 5.28. The van der Waals surface area contributed by atoms with E-state index in [0.717, 1.165) is 37.5 Å². The molecule has 0 aliphatic carbocycles. The zero-order chi connectivity index (χ0) is 12.8. The number of hydrogen-bond acceptors (Lipinski definition) is 3. The van der Waals surface area contributed by atoms with Gasteiger partial charge in [-0.1, -0.05) is 12.1 Å². The van der Waals surface area contributed by atoms with Gasteiger partial charge >= 0.3 is 0 Å². The second-order valence-electron chi connectivity index (χ2n) is 4.35. The lowest BCUT2D eigenvalue weighted by molar-refractivity contribution is 0.149. The third-order valence-corrected chi connectivity index (χ3v) is 2.85. The molecule has 0 spiro atoms. The molecule has 0 aliphatic rings. The van der Waals surface area contributed by atoms with E-state index in [1.54, 1.807) is 0 Å². The number of nitrogens with one attached hydrogen (secondary N) is 1. The Hall–Kier alpha value is -1.45. The quantitative estimate of drug-likeness (QED) is 0.793. The predicted octanol–water partition coefficient (Wildman–Crippen LogP) is 2.67. The molecule has 2 rings (SSSR count). The van der Waals surface area contributed by atoms with Gasteiger partial charge in [0.25, 0.3) is 0 Å². The Morgan fingerprint density at radius 1 is 1.22 bits per heavy atom. The van der Waals surface area contributed by atoms with E-state index >= 15 is 0 Å². The molecule has 0 amide bonds. The number of benzene rings is 1. The van der Waals surface area contributed by atoms with Crippen molar-refractivity contribution < 1.29 is 4.74 Å². The third kappa shape index (κ3) is 3.52. The van der Waals surface area contributed by atoms with Gasteiger partial charge in [0.15, 0.2) is 0 Å². The summed E-state index contributed by atoms with van der Waals surface area (Å²) < 4.78 is 5.28. The van der Waals surface area contributed by atoms with Crippen LogP contribution in [-0.2, 0) is 11.3 Å². The molecule has 1 aromatic heterocycles. The van der Waals surface area contributed by atoms with Crippen LogP contribution in [0.5, 0.6) is 0 Å². The normalized spacial score (nSPS) is 11.0. The summed E-state index contributed by atoms with van der Waals surface area (Å²) in [5, 5.41) is 4.57. The summed E-state index contributed by atoms with van der Waals surface area (Å²) in [4.78, 5) is 4.50. The number of aromatic nitrogens is 1. The molecular formula is C15H20N2O. The molecule has 96 valence electrons. The van der Waals surface area contributed by atoms with Crippen molar-refractivity contribution in [2.45, 2.75) is 20.4 Å². The summed E-state index contributed by atoms with van der Waals surface area (Å²) >= 11 is 0. The van der Waals surface area contributed by atoms with E-state index in [0.29, 0.717) is 0 Å². The van der Waals surface area contributed by atoms with Crippen LogP contribution in [0, 0.1) is 6.92 Å². The van der Waals surface area contributed by atoms with E-state index in [2.05, 4.69) is 40.6 Å². The van der Waals surface area contributed by atoms with Gasteiger partial charge in [0.05, 0.1) is 12.1 Å². The van der Waals surface area contributed by atoms with Gasteiger partial charge in [0.1, 0.15) is 0 Å². The van der Waals surface area contributed by atoms with Gasteiger partial charge in [-0.15, -0.1) is 0 Å². The highest BCUT2D eigenvalue weighted by Gasteiger charge is 1.98. The van der Waals surface area contributed by atoms with E-state index in [1.165, 1.54) is 10.9 Å². The Morgan fingerprint density at radius 3 is 2.94 bits per heavy atom. The molecule has 0 atom stereocenters. The van der Waals surface area contributed by atoms with Crippen LogP contribution in [0.3, 0.4) is 0 Å². The highest BCUT2D eigenvalue weighted by atomic mass is 16.5. The van der Waals surface area contributed by atoms with Crippen molar-refractivity contribution in [3.63, 3.8) is 0 Å². The standard InChI is InChI=1S/C15H20N2O/c1-3-18-9-8-16-11-13-5-7-15-14(10-13)6-4-12(2)17-15/h4-7,10,16H,3,8-9,11H2,1-2H3. The van der Waals surface area contributed by atoms with Crippen molar-refractivity contribution in [2.75, 3.05) is 19.8 Å². The molecule has 3 heteroatoms. The Balaban J connectivity index is 1.95. The van der Waals surface area contributed by atoms with Crippen molar-refractivity contribution in [3.8, 4) is 0 Å². The molecule has 0 aliphatic heterocycles. The summed E-state index contributed by atoms with van der Waals surface area (Å²) in [6, 6.07) is 10.6. The number of nitrogens with zero attached hydrogens (tertiary/aromatic N) is 1. The fourth-order valence-corrected chi connectivity index (χ4v) is 1.91. The molecule has 18 heavy (non-hydrogen) atoms. The maximum absolute atomic E-state index is 5.28. The van der Waals surface area contributed by atoms with E-state index in [4.69, 9.17) is 4.74 Å². The molecule has 1 N–H and O–H groups in total. The summed E-state index contributed by atoms with van der Waals surface area (Å²) in [5.74, 6) is 0. The van der Waals surface area contributed by atoms with Gasteiger partial charge in [-0.25, -0.2) is 0 Å². The molecule has 0 fully saturated rings. The zero-order valence-corrected chi connectivity index (χ0v) is 11.1. The summed E-state index contributed by atoms with van der Waals surface area (Å²) in [7, 11) is 0. The third-order valence-electron chi connectivity index (χ3n) is 2.85. The number of pyridine rings is 1. The maximum Gasteiger partial charge on any atom is 0.0705 e. The number of aryl methyl sites for hydroxylation is 1. The minimum absolute atomic E-state index is 0.769. The van der Waals surface area contributed by atoms with Gasteiger partial charge in [0, 0.05) is 30.8 Å². The average molecular weight is 244 g/mol. The van der Waals surface area contributed by atoms with Gasteiger partial charge in [-0.2, -0.15) is 0 Å². The lowest BCUT2D eigenvalue weighted by Gasteiger charge is -2.06. The molecule has 0 radical (unpaired) electrons. The molecule has 0 unspecified atom stereocenters. The van der Waals surface area contributed by atoms with Crippen LogP contribution in [0.2, 0.25) is 0 Å². The Labute approximate surface area is 108 Å². The Bertz CT molecular complexity index is 511. The van der Waals surface area contributed by atoms with Crippen LogP contribution < -0.4 is 5.32 Å². The molecule has 1 aromatic carbocycles. The lowest BCUT2D eigenvalue weighted by atomic mass is 10.1. The Morgan fingerprint density at radius 2 is 2.11 bits per heavy atom. The number of fused-ring (bicyclic) bond motifs is 1. The lowest BCUT2D eigenvalue weighted by Crippen LogP contribution is -2.19. The number of hydrogen-bond donors (Lipinski definition) is 1. The van der Waals surface area contributed by atoms with E-state index in [-0.39, 0.29) is 0 Å². The van der Waals surface area contributed by atoms with Gasteiger partial charge in [-0.05, 0) is 37.6 Å². The Kier molecular flexibility index (Phi) is 4.67. The van der Waals surface area contributed by atoms with Crippen molar-refractivity contribution in [1.82, 2.24) is 10.3 Å². The fraction of sp³-hybridized carbons (Fsp3) is 0.400. The second-order valence-corrected chi connectivity index (χ2v) is 4.35. The smallest absolute Gasteiger partial charge is 0.0705 e. The first-order valence-electron chi connectivity index (χ1n) is 6.44. The topological polar surface area (TPSA) is 34.1 Å². The monoisotopic (exact) mass is 244 g/mol. The predicted molar refractivity (Wildman–Crippen MR) is 74.7 cm³/mol. The van der Waals surface area contributed by atoms with Crippen molar-refractivity contribution >= 4 is 10.9 Å². The SMILES string of the molecule is CCOCCNCc1ccc2nc(C)ccc2c1. The molecular weight excluding hydrogens is 224 g/mol. The molecule has 1 heterocycles. The van der Waals surface area contributed by atoms with Gasteiger partial charge in [-0.3, -0.25) is 4.98 Å². The summed E-state index contributed by atoms with van der Waals surface area (Å²) in [6.45, 7) is 7.34. The van der Waals surface area contributed by atoms with Crippen molar-refractivity contribution in [1.29, 1.82) is 0 Å². The number of rotatable bonds is 6. The van der Waals surface area contributed by atoms with Crippen LogP contribution in [0.25, 0.3) is 10.9 Å². The summed E-state index contributed by atoms with van der Waals surface area (Å²) in [5.41, 5.74) is 3.41. The first-order chi connectivity index (χ1) is 8.79. The van der Waals surface area contributed by atoms with Crippen molar-refractivity contribution in [3.05, 3.63) is 41.6 Å². The summed E-state index contributed by atoms with van der Waals surface area (Å²) in [6.07, 6.45) is 0. The highest BCUT2D eigenvalue weighted by Crippen LogP contribution is 2.14. The van der Waals surface area contributed by atoms with E-state index in [1.807, 2.05) is 13.8 Å². The fourth-order valence-electron chi connectivity index (χ4n) is 1.91. The molecule has 3 nitrogen and oxygen atoms in total. The van der Waals surface area contributed by atoms with Crippen LogP contribution in [-0.4, -0.2) is 24.7 Å². The van der Waals surface area contributed by atoms with Crippen LogP contribution in [0.4, 0.5) is 0 Å². The zero-order valence-electron chi connectivity index (χ0n) is 11.1. The van der Waals surface area contributed by atoms with Gasteiger partial charge < -0.3 is 10.1 Å². The van der Waals surface area contributed by atoms with Crippen LogP contribution in [0.1, 0.15) is 18.2 Å². The first-order valence-corrected chi connectivity index (χ1v) is 6.44. The average Bonchev–Trinajstić information content (AvgIpc) is 2.38. The first kappa shape index (κ1) is 13.0. The highest BCUT2D eigenvalue weighted by molar-refractivity contribution is 5.79. The second kappa shape index (κ2) is 6.47. The minimum atomic E-state index is 0.769. The minimum Gasteiger partial charge on any atom is -0.380 e. The molecule has 2 aromatic rings. The largest absolute Gasteiger partial charge is 0.380 e. The molecule has 0 saturated heterocycles.